The molecular weight excluding hydrogens is 348 g/mol. The Bertz CT molecular complexity index is 853. The van der Waals surface area contributed by atoms with Gasteiger partial charge in [-0.2, -0.15) is 0 Å². The zero-order valence-electron chi connectivity index (χ0n) is 15.4. The third-order valence-electron chi connectivity index (χ3n) is 4.74. The molecule has 0 unspecified atom stereocenters. The van der Waals surface area contributed by atoms with Crippen molar-refractivity contribution in [2.24, 2.45) is 0 Å². The molecule has 0 saturated heterocycles. The van der Waals surface area contributed by atoms with E-state index < -0.39 is 0 Å². The van der Waals surface area contributed by atoms with E-state index in [1.807, 2.05) is 30.3 Å². The first-order valence-electron chi connectivity index (χ1n) is 8.85. The van der Waals surface area contributed by atoms with Crippen LogP contribution in [0.2, 0.25) is 0 Å². The number of likely N-dealkylation sites (N-methyl/N-ethyl adjacent to an activating group) is 1. The van der Waals surface area contributed by atoms with Crippen LogP contribution in [0.5, 0.6) is 23.0 Å². The molecule has 0 spiro atoms. The Morgan fingerprint density at radius 3 is 2.74 bits per heavy atom. The Balaban J connectivity index is 1.61. The van der Waals surface area contributed by atoms with Gasteiger partial charge in [-0.1, -0.05) is 18.2 Å². The van der Waals surface area contributed by atoms with Crippen LogP contribution in [0.4, 0.5) is 5.69 Å². The van der Waals surface area contributed by atoms with Crippen molar-refractivity contribution in [2.75, 3.05) is 39.4 Å². The van der Waals surface area contributed by atoms with E-state index in [1.165, 1.54) is 0 Å². The number of ether oxygens (including phenoxy) is 4. The maximum atomic E-state index is 12.5. The van der Waals surface area contributed by atoms with Crippen LogP contribution < -0.4 is 24.3 Å². The van der Waals surface area contributed by atoms with Crippen LogP contribution >= 0.6 is 0 Å². The molecule has 2 heterocycles. The molecule has 7 nitrogen and oxygen atoms in total. The number of carbonyl (C=O) groups excluding carboxylic acids is 1. The van der Waals surface area contributed by atoms with Gasteiger partial charge < -0.3 is 29.2 Å². The second-order valence-electron chi connectivity index (χ2n) is 6.57. The molecular formula is C20H22N2O5. The van der Waals surface area contributed by atoms with E-state index in [2.05, 4.69) is 17.3 Å². The largest absolute Gasteiger partial charge is 0.492 e. The summed E-state index contributed by atoms with van der Waals surface area (Å²) < 4.78 is 22.4. The Hall–Kier alpha value is -2.93. The Morgan fingerprint density at radius 2 is 1.96 bits per heavy atom. The summed E-state index contributed by atoms with van der Waals surface area (Å²) in [6.07, 6.45) is 0.786. The van der Waals surface area contributed by atoms with Gasteiger partial charge in [0.2, 0.25) is 12.5 Å². The van der Waals surface area contributed by atoms with Crippen LogP contribution in [0.25, 0.3) is 0 Å². The number of anilines is 1. The first kappa shape index (κ1) is 17.5. The normalized spacial score (nSPS) is 15.2. The van der Waals surface area contributed by atoms with Crippen molar-refractivity contribution in [2.45, 2.75) is 13.0 Å². The summed E-state index contributed by atoms with van der Waals surface area (Å²) in [6.45, 7) is 1.63. The summed E-state index contributed by atoms with van der Waals surface area (Å²) in [7, 11) is 3.68. The lowest BCUT2D eigenvalue weighted by Crippen LogP contribution is -2.29. The summed E-state index contributed by atoms with van der Waals surface area (Å²) in [4.78, 5) is 14.7. The predicted octanol–water partition coefficient (Wildman–Crippen LogP) is 2.43. The minimum atomic E-state index is -0.247. The number of methoxy groups -OCH3 is 1. The number of hydrogen-bond acceptors (Lipinski definition) is 6. The van der Waals surface area contributed by atoms with Crippen molar-refractivity contribution in [1.82, 2.24) is 4.90 Å². The third-order valence-corrected chi connectivity index (χ3v) is 4.74. The van der Waals surface area contributed by atoms with Gasteiger partial charge in [-0.15, -0.1) is 0 Å². The van der Waals surface area contributed by atoms with Crippen LogP contribution in [0, 0.1) is 0 Å². The van der Waals surface area contributed by atoms with Crippen molar-refractivity contribution < 1.29 is 23.7 Å². The van der Waals surface area contributed by atoms with Gasteiger partial charge in [0.15, 0.2) is 18.1 Å². The second-order valence-corrected chi connectivity index (χ2v) is 6.57. The topological polar surface area (TPSA) is 69.3 Å². The maximum absolute atomic E-state index is 12.5. The number of nitrogens with zero attached hydrogens (tertiary/aromatic N) is 1. The van der Waals surface area contributed by atoms with Gasteiger partial charge >= 0.3 is 0 Å². The molecule has 0 atom stereocenters. The Kier molecular flexibility index (Phi) is 4.77. The average molecular weight is 370 g/mol. The van der Waals surface area contributed by atoms with Gasteiger partial charge in [0, 0.05) is 18.7 Å². The van der Waals surface area contributed by atoms with Gasteiger partial charge in [0.25, 0.3) is 5.91 Å². The van der Waals surface area contributed by atoms with E-state index in [-0.39, 0.29) is 19.3 Å². The molecule has 2 aromatic carbocycles. The summed E-state index contributed by atoms with van der Waals surface area (Å²) in [5.74, 6) is 2.16. The van der Waals surface area contributed by atoms with Crippen molar-refractivity contribution in [3.8, 4) is 23.0 Å². The van der Waals surface area contributed by atoms with Crippen LogP contribution in [0.3, 0.4) is 0 Å². The molecule has 1 N–H and O–H groups in total. The summed E-state index contributed by atoms with van der Waals surface area (Å²) in [5.41, 5.74) is 2.71. The fourth-order valence-corrected chi connectivity index (χ4v) is 3.48. The molecule has 7 heteroatoms. The van der Waals surface area contributed by atoms with E-state index in [4.69, 9.17) is 18.9 Å². The second kappa shape index (κ2) is 7.36. The number of benzene rings is 2. The highest BCUT2D eigenvalue weighted by molar-refractivity contribution is 5.96. The molecule has 2 aliphatic heterocycles. The summed E-state index contributed by atoms with van der Waals surface area (Å²) in [6, 6.07) is 9.25. The third kappa shape index (κ3) is 3.38. The van der Waals surface area contributed by atoms with E-state index in [9.17, 15) is 4.79 Å². The molecule has 0 aliphatic carbocycles. The fourth-order valence-electron chi connectivity index (χ4n) is 3.48. The molecule has 0 fully saturated rings. The smallest absolute Gasteiger partial charge is 0.262 e. The molecule has 1 amide bonds. The van der Waals surface area contributed by atoms with Crippen molar-refractivity contribution in [3.63, 3.8) is 0 Å². The molecule has 2 aromatic rings. The first-order chi connectivity index (χ1) is 13.2. The van der Waals surface area contributed by atoms with Gasteiger partial charge in [0.1, 0.15) is 5.75 Å². The number of para-hydroxylation sites is 1. The lowest BCUT2D eigenvalue weighted by Gasteiger charge is -2.29. The number of carbonyl (C=O) groups is 1. The summed E-state index contributed by atoms with van der Waals surface area (Å²) >= 11 is 0. The van der Waals surface area contributed by atoms with Crippen molar-refractivity contribution in [1.29, 1.82) is 0 Å². The van der Waals surface area contributed by atoms with Crippen LogP contribution in [-0.4, -0.2) is 44.9 Å². The van der Waals surface area contributed by atoms with Crippen LogP contribution in [0.15, 0.2) is 30.3 Å². The number of amides is 1. The van der Waals surface area contributed by atoms with Crippen LogP contribution in [-0.2, 0) is 17.8 Å². The van der Waals surface area contributed by atoms with Gasteiger partial charge in [-0.25, -0.2) is 0 Å². The first-order valence-corrected chi connectivity index (χ1v) is 8.85. The molecule has 4 rings (SSSR count). The number of nitrogens with one attached hydrogen (secondary N) is 1. The SMILES string of the molecule is COc1c2c(c(NC(=O)COc3ccccc3)c3c1OCO3)CCN(C)C2. The average Bonchev–Trinajstić information content (AvgIpc) is 3.16. The quantitative estimate of drug-likeness (QED) is 0.872. The Morgan fingerprint density at radius 1 is 1.19 bits per heavy atom. The minimum Gasteiger partial charge on any atom is -0.492 e. The zero-order chi connectivity index (χ0) is 18.8. The monoisotopic (exact) mass is 370 g/mol. The van der Waals surface area contributed by atoms with Gasteiger partial charge in [-0.3, -0.25) is 4.79 Å². The highest BCUT2D eigenvalue weighted by Gasteiger charge is 2.33. The molecule has 27 heavy (non-hydrogen) atoms. The van der Waals surface area contributed by atoms with Gasteiger partial charge in [0.05, 0.1) is 12.8 Å². The fraction of sp³-hybridized carbons (Fsp3) is 0.350. The highest BCUT2D eigenvalue weighted by atomic mass is 16.7. The van der Waals surface area contributed by atoms with Crippen molar-refractivity contribution >= 4 is 11.6 Å². The van der Waals surface area contributed by atoms with E-state index in [0.717, 1.165) is 30.6 Å². The van der Waals surface area contributed by atoms with E-state index in [0.29, 0.717) is 28.7 Å². The number of rotatable bonds is 5. The molecule has 0 aromatic heterocycles. The minimum absolute atomic E-state index is 0.0830. The molecule has 0 saturated carbocycles. The Labute approximate surface area is 157 Å². The molecule has 0 radical (unpaired) electrons. The van der Waals surface area contributed by atoms with E-state index in [1.54, 1.807) is 7.11 Å². The number of fused-ring (bicyclic) bond motifs is 2. The molecule has 142 valence electrons. The van der Waals surface area contributed by atoms with Crippen LogP contribution in [0.1, 0.15) is 11.1 Å². The maximum Gasteiger partial charge on any atom is 0.262 e. The molecule has 0 bridgehead atoms. The lowest BCUT2D eigenvalue weighted by molar-refractivity contribution is -0.118. The van der Waals surface area contributed by atoms with Gasteiger partial charge in [-0.05, 0) is 31.2 Å². The number of hydrogen-bond donors (Lipinski definition) is 1. The molecule has 2 aliphatic rings. The predicted molar refractivity (Wildman–Crippen MR) is 99.7 cm³/mol. The van der Waals surface area contributed by atoms with E-state index >= 15 is 0 Å². The lowest BCUT2D eigenvalue weighted by atomic mass is 9.95. The highest BCUT2D eigenvalue weighted by Crippen LogP contribution is 2.52. The standard InChI is InChI=1S/C20H22N2O5/c1-22-9-8-14-15(10-22)18(24-2)20-19(26-12-27-20)17(14)21-16(23)11-25-13-6-4-3-5-7-13/h3-7H,8-12H2,1-2H3,(H,21,23). The van der Waals surface area contributed by atoms with Crippen molar-refractivity contribution in [3.05, 3.63) is 41.5 Å². The zero-order valence-corrected chi connectivity index (χ0v) is 15.4. The summed E-state index contributed by atoms with van der Waals surface area (Å²) in [5, 5.41) is 2.96.